The molecule has 2 rings (SSSR count). The molecule has 1 amide bonds. The number of esters is 1. The van der Waals surface area contributed by atoms with Crippen molar-refractivity contribution >= 4 is 17.8 Å². The Kier molecular flexibility index (Phi) is 8.17. The molecule has 0 spiro atoms. The van der Waals surface area contributed by atoms with E-state index in [-0.39, 0.29) is 25.3 Å². The predicted octanol–water partition coefficient (Wildman–Crippen LogP) is 3.14. The lowest BCUT2D eigenvalue weighted by atomic mass is 10.0. The fourth-order valence-corrected chi connectivity index (χ4v) is 2.38. The average molecular weight is 385 g/mol. The van der Waals surface area contributed by atoms with Gasteiger partial charge < -0.3 is 19.3 Å². The molecule has 0 fully saturated rings. The third-order valence-electron chi connectivity index (χ3n) is 3.80. The first-order valence-electron chi connectivity index (χ1n) is 8.80. The first-order chi connectivity index (χ1) is 13.5. The molecule has 2 aromatic rings. The fourth-order valence-electron chi connectivity index (χ4n) is 2.38. The smallest absolute Gasteiger partial charge is 0.434 e. The number of methoxy groups -OCH3 is 1. The molecule has 28 heavy (non-hydrogen) atoms. The minimum absolute atomic E-state index is 0.0689. The number of hydrogen-bond donors (Lipinski definition) is 1. The average Bonchev–Trinajstić information content (AvgIpc) is 2.72. The Labute approximate surface area is 163 Å². The summed E-state index contributed by atoms with van der Waals surface area (Å²) in [6.45, 7) is 1.85. The van der Waals surface area contributed by atoms with Crippen LogP contribution < -0.4 is 4.74 Å². The first-order valence-corrected chi connectivity index (χ1v) is 8.80. The van der Waals surface area contributed by atoms with E-state index in [4.69, 9.17) is 14.2 Å². The van der Waals surface area contributed by atoms with E-state index >= 15 is 0 Å². The van der Waals surface area contributed by atoms with Crippen molar-refractivity contribution in [1.82, 2.24) is 0 Å². The number of carbonyl (C=O) groups is 2. The fraction of sp³-hybridized carbons (Fsp3) is 0.286. The van der Waals surface area contributed by atoms with Crippen LogP contribution in [0.4, 0.5) is 4.79 Å². The van der Waals surface area contributed by atoms with Crippen molar-refractivity contribution in [2.24, 2.45) is 4.99 Å². The van der Waals surface area contributed by atoms with Gasteiger partial charge in [-0.05, 0) is 42.3 Å². The molecule has 0 unspecified atom stereocenters. The molecule has 0 aromatic heterocycles. The van der Waals surface area contributed by atoms with E-state index < -0.39 is 18.2 Å². The highest BCUT2D eigenvalue weighted by Gasteiger charge is 2.21. The van der Waals surface area contributed by atoms with Gasteiger partial charge in [-0.15, -0.1) is 0 Å². The van der Waals surface area contributed by atoms with Gasteiger partial charge in [0.1, 0.15) is 12.4 Å². The summed E-state index contributed by atoms with van der Waals surface area (Å²) in [4.78, 5) is 27.9. The zero-order valence-corrected chi connectivity index (χ0v) is 15.8. The quantitative estimate of drug-likeness (QED) is 0.554. The number of aliphatic hydroxyl groups excluding tert-OH is 1. The van der Waals surface area contributed by atoms with Gasteiger partial charge in [-0.25, -0.2) is 9.59 Å². The maximum Gasteiger partial charge on any atom is 0.434 e. The normalized spacial score (nSPS) is 12.2. The molecule has 1 atom stereocenters. The van der Waals surface area contributed by atoms with E-state index in [9.17, 15) is 14.7 Å². The number of carbonyl (C=O) groups excluding carboxylic acids is 2. The summed E-state index contributed by atoms with van der Waals surface area (Å²) in [6, 6.07) is 15.9. The monoisotopic (exact) mass is 385 g/mol. The van der Waals surface area contributed by atoms with Crippen molar-refractivity contribution in [1.29, 1.82) is 0 Å². The van der Waals surface area contributed by atoms with E-state index in [0.717, 1.165) is 5.56 Å². The van der Waals surface area contributed by atoms with Gasteiger partial charge in [-0.1, -0.05) is 30.3 Å². The molecule has 148 valence electrons. The van der Waals surface area contributed by atoms with Gasteiger partial charge in [0.25, 0.3) is 0 Å². The topological polar surface area (TPSA) is 94.4 Å². The number of aliphatic hydroxyl groups is 1. The Morgan fingerprint density at radius 3 is 2.32 bits per heavy atom. The van der Waals surface area contributed by atoms with Crippen LogP contribution in [0.1, 0.15) is 24.5 Å². The molecule has 0 saturated heterocycles. The summed E-state index contributed by atoms with van der Waals surface area (Å²) >= 11 is 0. The summed E-state index contributed by atoms with van der Waals surface area (Å²) < 4.78 is 15.1. The van der Waals surface area contributed by atoms with Crippen LogP contribution in [0.25, 0.3) is 0 Å². The maximum atomic E-state index is 12.2. The maximum absolute atomic E-state index is 12.2. The van der Waals surface area contributed by atoms with Gasteiger partial charge >= 0.3 is 12.1 Å². The molecule has 1 N–H and O–H groups in total. The Balaban J connectivity index is 2.16. The van der Waals surface area contributed by atoms with Crippen LogP contribution in [0, 0.1) is 0 Å². The van der Waals surface area contributed by atoms with Crippen LogP contribution in [-0.2, 0) is 20.9 Å². The SMILES string of the molecule is CCOC(=O)[C@@H](O)C/C(=N/C(=O)OCc1ccccc1)c1ccc(OC)cc1. The summed E-state index contributed by atoms with van der Waals surface area (Å²) in [5.74, 6) is -0.151. The first kappa shape index (κ1) is 21.1. The minimum Gasteiger partial charge on any atom is -0.497 e. The second kappa shape index (κ2) is 10.8. The number of amides is 1. The van der Waals surface area contributed by atoms with Crippen LogP contribution in [-0.4, -0.2) is 42.7 Å². The molecule has 0 saturated carbocycles. The highest BCUT2D eigenvalue weighted by Crippen LogP contribution is 2.15. The Morgan fingerprint density at radius 1 is 1.04 bits per heavy atom. The number of aliphatic imine (C=N–C) groups is 1. The van der Waals surface area contributed by atoms with Crippen LogP contribution in [0.2, 0.25) is 0 Å². The number of hydrogen-bond acceptors (Lipinski definition) is 6. The van der Waals surface area contributed by atoms with Crippen molar-refractivity contribution in [3.05, 3.63) is 65.7 Å². The molecule has 0 aliphatic carbocycles. The third-order valence-corrected chi connectivity index (χ3v) is 3.80. The van der Waals surface area contributed by atoms with E-state index in [1.54, 1.807) is 31.2 Å². The van der Waals surface area contributed by atoms with Crippen molar-refractivity contribution in [2.45, 2.75) is 26.1 Å². The molecule has 0 aliphatic heterocycles. The van der Waals surface area contributed by atoms with Gasteiger partial charge in [-0.3, -0.25) is 0 Å². The van der Waals surface area contributed by atoms with Crippen molar-refractivity contribution in [3.8, 4) is 5.75 Å². The molecule has 2 aromatic carbocycles. The van der Waals surface area contributed by atoms with Gasteiger partial charge in [0.15, 0.2) is 6.10 Å². The molecule has 0 heterocycles. The van der Waals surface area contributed by atoms with Gasteiger partial charge in [0.2, 0.25) is 0 Å². The van der Waals surface area contributed by atoms with E-state index in [1.807, 2.05) is 30.3 Å². The Hall–Kier alpha value is -3.19. The Morgan fingerprint density at radius 2 is 1.71 bits per heavy atom. The van der Waals surface area contributed by atoms with Crippen molar-refractivity contribution < 1.29 is 28.9 Å². The van der Waals surface area contributed by atoms with Crippen molar-refractivity contribution in [2.75, 3.05) is 13.7 Å². The highest BCUT2D eigenvalue weighted by atomic mass is 16.5. The second-order valence-corrected chi connectivity index (χ2v) is 5.80. The van der Waals surface area contributed by atoms with E-state index in [0.29, 0.717) is 11.3 Å². The molecule has 7 heteroatoms. The van der Waals surface area contributed by atoms with Gasteiger partial charge in [0, 0.05) is 6.42 Å². The van der Waals surface area contributed by atoms with Crippen LogP contribution >= 0.6 is 0 Å². The predicted molar refractivity (Wildman–Crippen MR) is 103 cm³/mol. The van der Waals surface area contributed by atoms with Gasteiger partial charge in [0.05, 0.1) is 19.4 Å². The summed E-state index contributed by atoms with van der Waals surface area (Å²) in [5, 5.41) is 10.1. The standard InChI is InChI=1S/C21H23NO6/c1-3-27-20(24)19(23)13-18(16-9-11-17(26-2)12-10-16)22-21(25)28-14-15-7-5-4-6-8-15/h4-12,19,23H,3,13-14H2,1-2H3/b22-18-/t19-/m0/s1. The van der Waals surface area contributed by atoms with Crippen molar-refractivity contribution in [3.63, 3.8) is 0 Å². The van der Waals surface area contributed by atoms with Gasteiger partial charge in [-0.2, -0.15) is 4.99 Å². The van der Waals surface area contributed by atoms with E-state index in [2.05, 4.69) is 4.99 Å². The largest absolute Gasteiger partial charge is 0.497 e. The molecular weight excluding hydrogens is 362 g/mol. The van der Waals surface area contributed by atoms with Crippen LogP contribution in [0.15, 0.2) is 59.6 Å². The summed E-state index contributed by atoms with van der Waals surface area (Å²) in [5.41, 5.74) is 1.59. The number of rotatable bonds is 8. The van der Waals surface area contributed by atoms with Crippen LogP contribution in [0.3, 0.4) is 0 Å². The number of benzene rings is 2. The number of nitrogens with zero attached hydrogens (tertiary/aromatic N) is 1. The van der Waals surface area contributed by atoms with Crippen LogP contribution in [0.5, 0.6) is 5.75 Å². The lowest BCUT2D eigenvalue weighted by Crippen LogP contribution is -2.26. The number of ether oxygens (including phenoxy) is 3. The highest BCUT2D eigenvalue weighted by molar-refractivity contribution is 6.07. The summed E-state index contributed by atoms with van der Waals surface area (Å²) in [6.07, 6.45) is -2.44. The lowest BCUT2D eigenvalue weighted by molar-refractivity contribution is -0.152. The molecule has 0 radical (unpaired) electrons. The Bertz CT molecular complexity index is 801. The molecule has 0 bridgehead atoms. The molecule has 0 aliphatic rings. The van der Waals surface area contributed by atoms with E-state index in [1.165, 1.54) is 7.11 Å². The lowest BCUT2D eigenvalue weighted by Gasteiger charge is -2.12. The molecule has 7 nitrogen and oxygen atoms in total. The zero-order chi connectivity index (χ0) is 20.4. The molecular formula is C21H23NO6. The zero-order valence-electron chi connectivity index (χ0n) is 15.8. The second-order valence-electron chi connectivity index (χ2n) is 5.80. The minimum atomic E-state index is -1.44. The summed E-state index contributed by atoms with van der Waals surface area (Å²) in [7, 11) is 1.54. The third kappa shape index (κ3) is 6.51.